The summed E-state index contributed by atoms with van der Waals surface area (Å²) in [7, 11) is 0. The molecule has 17 heavy (non-hydrogen) atoms. The molecule has 92 valence electrons. The van der Waals surface area contributed by atoms with Crippen LogP contribution in [0.4, 0.5) is 10.1 Å². The molecule has 0 bridgehead atoms. The lowest BCUT2D eigenvalue weighted by molar-refractivity contribution is -0.387. The van der Waals surface area contributed by atoms with Crippen molar-refractivity contribution in [2.24, 2.45) is 0 Å². The van der Waals surface area contributed by atoms with Gasteiger partial charge in [0, 0.05) is 6.07 Å². The number of nitro benzene ring substituents is 1. The highest BCUT2D eigenvalue weighted by Crippen LogP contribution is 2.23. The summed E-state index contributed by atoms with van der Waals surface area (Å²) in [5.74, 6) is -1.39. The molecule has 0 heterocycles. The molecule has 0 saturated carbocycles. The van der Waals surface area contributed by atoms with Crippen LogP contribution < -0.4 is 0 Å². The predicted molar refractivity (Wildman–Crippen MR) is 58.1 cm³/mol. The van der Waals surface area contributed by atoms with Crippen LogP contribution in [0.3, 0.4) is 0 Å². The molecule has 0 atom stereocenters. The maximum atomic E-state index is 13.6. The first-order valence-electron chi connectivity index (χ1n) is 5.05. The zero-order chi connectivity index (χ0) is 13.0. The van der Waals surface area contributed by atoms with Crippen molar-refractivity contribution in [2.75, 3.05) is 6.61 Å². The molecule has 0 aliphatic carbocycles. The van der Waals surface area contributed by atoms with E-state index >= 15 is 0 Å². The Balaban J connectivity index is 3.00. The van der Waals surface area contributed by atoms with Crippen LogP contribution in [0.5, 0.6) is 0 Å². The maximum absolute atomic E-state index is 13.6. The second kappa shape index (κ2) is 5.38. The highest BCUT2D eigenvalue weighted by molar-refractivity contribution is 5.73. The molecule has 0 aliphatic rings. The Hall–Kier alpha value is -1.98. The molecule has 0 fully saturated rings. The van der Waals surface area contributed by atoms with Gasteiger partial charge in [-0.05, 0) is 25.0 Å². The van der Waals surface area contributed by atoms with Crippen molar-refractivity contribution in [2.45, 2.75) is 20.3 Å². The lowest BCUT2D eigenvalue weighted by atomic mass is 10.0. The average Bonchev–Trinajstić information content (AvgIpc) is 2.25. The Morgan fingerprint density at radius 2 is 2.18 bits per heavy atom. The summed E-state index contributed by atoms with van der Waals surface area (Å²) >= 11 is 0. The van der Waals surface area contributed by atoms with Crippen molar-refractivity contribution in [3.05, 3.63) is 39.2 Å². The van der Waals surface area contributed by atoms with E-state index in [1.807, 2.05) is 0 Å². The molecule has 1 rings (SSSR count). The highest BCUT2D eigenvalue weighted by Gasteiger charge is 2.19. The zero-order valence-electron chi connectivity index (χ0n) is 9.53. The third kappa shape index (κ3) is 2.99. The lowest BCUT2D eigenvalue weighted by Gasteiger charge is -2.06. The van der Waals surface area contributed by atoms with Gasteiger partial charge < -0.3 is 4.74 Å². The molecule has 6 heteroatoms. The van der Waals surface area contributed by atoms with Crippen LogP contribution in [0.1, 0.15) is 18.1 Å². The number of carbonyl (C=O) groups is 1. The first-order chi connectivity index (χ1) is 7.97. The molecule has 0 aliphatic heterocycles. The standard InChI is InChI=1S/C11H12FNO4/c1-3-17-10(14)6-8-4-5-9(13(15)16)11(12)7(8)2/h4-5H,3,6H2,1-2H3. The van der Waals surface area contributed by atoms with Crippen LogP contribution in [0.2, 0.25) is 0 Å². The fourth-order valence-electron chi connectivity index (χ4n) is 1.41. The third-order valence-electron chi connectivity index (χ3n) is 2.31. The van der Waals surface area contributed by atoms with E-state index in [2.05, 4.69) is 0 Å². The Labute approximate surface area is 97.3 Å². The normalized spacial score (nSPS) is 10.1. The highest BCUT2D eigenvalue weighted by atomic mass is 19.1. The van der Waals surface area contributed by atoms with Crippen molar-refractivity contribution < 1.29 is 18.8 Å². The predicted octanol–water partition coefficient (Wildman–Crippen LogP) is 2.15. The van der Waals surface area contributed by atoms with Gasteiger partial charge in [0.05, 0.1) is 18.0 Å². The Bertz CT molecular complexity index is 459. The molecule has 0 radical (unpaired) electrons. The largest absolute Gasteiger partial charge is 0.466 e. The number of ether oxygens (including phenoxy) is 1. The van der Waals surface area contributed by atoms with E-state index in [0.717, 1.165) is 6.07 Å². The second-order valence-corrected chi connectivity index (χ2v) is 3.42. The molecule has 0 unspecified atom stereocenters. The van der Waals surface area contributed by atoms with Gasteiger partial charge in [-0.15, -0.1) is 0 Å². The van der Waals surface area contributed by atoms with Gasteiger partial charge in [-0.3, -0.25) is 14.9 Å². The fourth-order valence-corrected chi connectivity index (χ4v) is 1.41. The molecule has 0 aromatic heterocycles. The second-order valence-electron chi connectivity index (χ2n) is 3.42. The van der Waals surface area contributed by atoms with Crippen LogP contribution in [-0.4, -0.2) is 17.5 Å². The monoisotopic (exact) mass is 241 g/mol. The van der Waals surface area contributed by atoms with Gasteiger partial charge in [0.25, 0.3) is 0 Å². The zero-order valence-corrected chi connectivity index (χ0v) is 9.53. The molecular weight excluding hydrogens is 229 g/mol. The number of halogens is 1. The average molecular weight is 241 g/mol. The van der Waals surface area contributed by atoms with E-state index in [0.29, 0.717) is 5.56 Å². The summed E-state index contributed by atoms with van der Waals surface area (Å²) in [5.41, 5.74) is -0.0890. The number of carbonyl (C=O) groups excluding carboxylic acids is 1. The number of rotatable bonds is 4. The number of hydrogen-bond donors (Lipinski definition) is 0. The molecule has 0 spiro atoms. The van der Waals surface area contributed by atoms with Gasteiger partial charge >= 0.3 is 11.7 Å². The van der Waals surface area contributed by atoms with E-state index in [1.54, 1.807) is 6.92 Å². The summed E-state index contributed by atoms with van der Waals surface area (Å²) in [4.78, 5) is 20.9. The molecule has 0 saturated heterocycles. The van der Waals surface area contributed by atoms with Gasteiger partial charge in [-0.1, -0.05) is 6.07 Å². The number of esters is 1. The quantitative estimate of drug-likeness (QED) is 0.460. The van der Waals surface area contributed by atoms with Crippen molar-refractivity contribution in [3.8, 4) is 0 Å². The Morgan fingerprint density at radius 3 is 2.71 bits per heavy atom. The lowest BCUT2D eigenvalue weighted by Crippen LogP contribution is -2.09. The first kappa shape index (κ1) is 13.1. The van der Waals surface area contributed by atoms with Gasteiger partial charge in [0.15, 0.2) is 0 Å². The minimum absolute atomic E-state index is 0.0887. The van der Waals surface area contributed by atoms with Crippen molar-refractivity contribution >= 4 is 11.7 Å². The van der Waals surface area contributed by atoms with Crippen LogP contribution in [0.25, 0.3) is 0 Å². The van der Waals surface area contributed by atoms with E-state index in [-0.39, 0.29) is 18.6 Å². The summed E-state index contributed by atoms with van der Waals surface area (Å²) in [6.45, 7) is 3.31. The van der Waals surface area contributed by atoms with Crippen LogP contribution in [0.15, 0.2) is 12.1 Å². The number of nitrogens with zero attached hydrogens (tertiary/aromatic N) is 1. The topological polar surface area (TPSA) is 69.4 Å². The van der Waals surface area contributed by atoms with Crippen LogP contribution >= 0.6 is 0 Å². The first-order valence-corrected chi connectivity index (χ1v) is 5.05. The van der Waals surface area contributed by atoms with E-state index < -0.39 is 22.4 Å². The third-order valence-corrected chi connectivity index (χ3v) is 2.31. The van der Waals surface area contributed by atoms with Crippen molar-refractivity contribution in [1.82, 2.24) is 0 Å². The van der Waals surface area contributed by atoms with Gasteiger partial charge in [-0.2, -0.15) is 4.39 Å². The summed E-state index contributed by atoms with van der Waals surface area (Å²) in [6, 6.07) is 2.42. The SMILES string of the molecule is CCOC(=O)Cc1ccc([N+](=O)[O-])c(F)c1C. The summed E-state index contributed by atoms with van der Waals surface area (Å²) in [6.07, 6.45) is -0.0887. The number of hydrogen-bond acceptors (Lipinski definition) is 4. The van der Waals surface area contributed by atoms with Crippen molar-refractivity contribution in [1.29, 1.82) is 0 Å². The van der Waals surface area contributed by atoms with Gasteiger partial charge in [0.1, 0.15) is 0 Å². The van der Waals surface area contributed by atoms with E-state index in [1.165, 1.54) is 13.0 Å². The summed E-state index contributed by atoms with van der Waals surface area (Å²) < 4.78 is 18.3. The molecule has 5 nitrogen and oxygen atoms in total. The Kier molecular flexibility index (Phi) is 4.14. The number of benzene rings is 1. The molecule has 1 aromatic carbocycles. The van der Waals surface area contributed by atoms with Gasteiger partial charge in [0.2, 0.25) is 5.82 Å². The summed E-state index contributed by atoms with van der Waals surface area (Å²) in [5, 5.41) is 10.5. The number of nitro groups is 1. The minimum atomic E-state index is -0.906. The minimum Gasteiger partial charge on any atom is -0.466 e. The van der Waals surface area contributed by atoms with E-state index in [9.17, 15) is 19.3 Å². The van der Waals surface area contributed by atoms with Gasteiger partial charge in [-0.25, -0.2) is 0 Å². The molecule has 1 aromatic rings. The molecular formula is C11H12FNO4. The Morgan fingerprint density at radius 1 is 1.53 bits per heavy atom. The fraction of sp³-hybridized carbons (Fsp3) is 0.364. The van der Waals surface area contributed by atoms with Crippen LogP contribution in [-0.2, 0) is 16.0 Å². The maximum Gasteiger partial charge on any atom is 0.310 e. The van der Waals surface area contributed by atoms with E-state index in [4.69, 9.17) is 4.74 Å². The smallest absolute Gasteiger partial charge is 0.310 e. The van der Waals surface area contributed by atoms with Crippen LogP contribution in [0, 0.1) is 22.9 Å². The van der Waals surface area contributed by atoms with Crippen molar-refractivity contribution in [3.63, 3.8) is 0 Å². The molecule has 0 amide bonds. The molecule has 0 N–H and O–H groups in total.